The molecule has 0 radical (unpaired) electrons. The van der Waals surface area contributed by atoms with E-state index >= 15 is 0 Å². The summed E-state index contributed by atoms with van der Waals surface area (Å²) in [5, 5.41) is 2.41. The highest BCUT2D eigenvalue weighted by Gasteiger charge is 2.21. The van der Waals surface area contributed by atoms with E-state index in [1.165, 1.54) is 7.05 Å². The number of rotatable bonds is 7. The summed E-state index contributed by atoms with van der Waals surface area (Å²) in [5.41, 5.74) is 0.744. The van der Waals surface area contributed by atoms with Crippen LogP contribution in [0.3, 0.4) is 0 Å². The number of carbonyl (C=O) groups is 2. The number of nitrogens with one attached hydrogen (secondary N) is 1. The highest BCUT2D eigenvalue weighted by atomic mass is 32.2. The molecule has 0 bridgehead atoms. The van der Waals surface area contributed by atoms with Crippen molar-refractivity contribution in [2.75, 3.05) is 20.7 Å². The minimum Gasteiger partial charge on any atom is -0.497 e. The van der Waals surface area contributed by atoms with Crippen LogP contribution in [-0.4, -0.2) is 52.0 Å². The van der Waals surface area contributed by atoms with Gasteiger partial charge in [0.15, 0.2) is 0 Å². The molecule has 3 amide bonds. The SMILES string of the molecule is CNC(=O)N(CCC(C)N=S(=O)=O)C(=O)Cc1ccc(OC)cc1. The lowest BCUT2D eigenvalue weighted by molar-refractivity contribution is -0.127. The molecule has 24 heavy (non-hydrogen) atoms. The van der Waals surface area contributed by atoms with Crippen LogP contribution in [0.4, 0.5) is 4.79 Å². The monoisotopic (exact) mass is 355 g/mol. The van der Waals surface area contributed by atoms with Crippen molar-refractivity contribution >= 4 is 22.4 Å². The summed E-state index contributed by atoms with van der Waals surface area (Å²) in [5.74, 6) is 0.297. The van der Waals surface area contributed by atoms with Crippen LogP contribution in [0.2, 0.25) is 0 Å². The van der Waals surface area contributed by atoms with Gasteiger partial charge in [-0.25, -0.2) is 4.79 Å². The summed E-state index contributed by atoms with van der Waals surface area (Å²) in [6.45, 7) is 1.68. The van der Waals surface area contributed by atoms with E-state index in [9.17, 15) is 18.0 Å². The van der Waals surface area contributed by atoms with Crippen molar-refractivity contribution in [2.45, 2.75) is 25.8 Å². The fraction of sp³-hybridized carbons (Fsp3) is 0.467. The molecule has 0 aliphatic heterocycles. The minimum absolute atomic E-state index is 0.0520. The van der Waals surface area contributed by atoms with Gasteiger partial charge in [-0.1, -0.05) is 12.1 Å². The molecular formula is C15H21N3O5S. The predicted octanol–water partition coefficient (Wildman–Crippen LogP) is 1.25. The second-order valence-electron chi connectivity index (χ2n) is 5.09. The fourth-order valence-corrected chi connectivity index (χ4v) is 2.40. The lowest BCUT2D eigenvalue weighted by Crippen LogP contribution is -2.44. The maximum atomic E-state index is 12.4. The van der Waals surface area contributed by atoms with Crippen molar-refractivity contribution in [1.29, 1.82) is 0 Å². The normalized spacial score (nSPS) is 11.3. The fourth-order valence-electron chi connectivity index (χ4n) is 2.00. The van der Waals surface area contributed by atoms with Crippen LogP contribution in [0.25, 0.3) is 0 Å². The molecule has 0 spiro atoms. The quantitative estimate of drug-likeness (QED) is 0.792. The van der Waals surface area contributed by atoms with Gasteiger partial charge in [0.2, 0.25) is 5.91 Å². The molecule has 9 heteroatoms. The minimum atomic E-state index is -2.51. The van der Waals surface area contributed by atoms with Crippen molar-refractivity contribution in [2.24, 2.45) is 4.36 Å². The van der Waals surface area contributed by atoms with Gasteiger partial charge in [0.1, 0.15) is 5.75 Å². The number of urea groups is 1. The van der Waals surface area contributed by atoms with Gasteiger partial charge >= 0.3 is 16.5 Å². The highest BCUT2D eigenvalue weighted by molar-refractivity contribution is 7.61. The molecule has 0 saturated carbocycles. The number of imide groups is 1. The predicted molar refractivity (Wildman–Crippen MR) is 88.3 cm³/mol. The van der Waals surface area contributed by atoms with Gasteiger partial charge in [0.05, 0.1) is 19.6 Å². The molecule has 0 aliphatic carbocycles. The molecule has 1 N–H and O–H groups in total. The Hall–Kier alpha value is -2.42. The number of benzene rings is 1. The third kappa shape index (κ3) is 6.37. The topological polar surface area (TPSA) is 105 Å². The number of amides is 3. The Bertz CT molecular complexity index is 692. The summed E-state index contributed by atoms with van der Waals surface area (Å²) in [6, 6.07) is 5.91. The van der Waals surface area contributed by atoms with E-state index in [1.807, 2.05) is 0 Å². The van der Waals surface area contributed by atoms with Gasteiger partial charge in [-0.3, -0.25) is 9.69 Å². The Morgan fingerprint density at radius 2 is 1.92 bits per heavy atom. The molecule has 1 atom stereocenters. The molecule has 0 heterocycles. The summed E-state index contributed by atoms with van der Waals surface area (Å²) in [4.78, 5) is 25.3. The molecule has 1 rings (SSSR count). The first-order valence-corrected chi connectivity index (χ1v) is 8.35. The number of methoxy groups -OCH3 is 1. The van der Waals surface area contributed by atoms with Crippen LogP contribution in [0, 0.1) is 0 Å². The van der Waals surface area contributed by atoms with Gasteiger partial charge in [-0.2, -0.15) is 12.8 Å². The highest BCUT2D eigenvalue weighted by Crippen LogP contribution is 2.13. The molecular weight excluding hydrogens is 334 g/mol. The molecule has 0 saturated heterocycles. The first-order chi connectivity index (χ1) is 11.4. The number of carbonyl (C=O) groups excluding carboxylic acids is 2. The van der Waals surface area contributed by atoms with E-state index in [4.69, 9.17) is 4.74 Å². The summed E-state index contributed by atoms with van der Waals surface area (Å²) < 4.78 is 29.6. The first kappa shape index (κ1) is 19.6. The number of ether oxygens (including phenoxy) is 1. The van der Waals surface area contributed by atoms with Crippen LogP contribution >= 0.6 is 0 Å². The Morgan fingerprint density at radius 3 is 2.42 bits per heavy atom. The number of hydrogen-bond donors (Lipinski definition) is 1. The molecule has 1 aromatic rings. The van der Waals surface area contributed by atoms with Crippen molar-refractivity contribution in [3.05, 3.63) is 29.8 Å². The average Bonchev–Trinajstić information content (AvgIpc) is 2.54. The van der Waals surface area contributed by atoms with Crippen molar-refractivity contribution in [3.63, 3.8) is 0 Å². The second kappa shape index (κ2) is 9.66. The van der Waals surface area contributed by atoms with Gasteiger partial charge < -0.3 is 10.1 Å². The lowest BCUT2D eigenvalue weighted by atomic mass is 10.1. The first-order valence-electron chi connectivity index (χ1n) is 7.32. The van der Waals surface area contributed by atoms with Crippen LogP contribution in [0.5, 0.6) is 5.75 Å². The molecule has 0 aromatic heterocycles. The van der Waals surface area contributed by atoms with Crippen LogP contribution in [-0.2, 0) is 21.7 Å². The third-order valence-electron chi connectivity index (χ3n) is 3.31. The molecule has 1 aromatic carbocycles. The van der Waals surface area contributed by atoms with E-state index in [0.29, 0.717) is 5.75 Å². The Morgan fingerprint density at radius 1 is 1.29 bits per heavy atom. The number of nitrogens with zero attached hydrogens (tertiary/aromatic N) is 2. The molecule has 0 aliphatic rings. The van der Waals surface area contributed by atoms with E-state index in [-0.39, 0.29) is 25.3 Å². The summed E-state index contributed by atoms with van der Waals surface area (Å²) in [7, 11) is 0.468. The van der Waals surface area contributed by atoms with Crippen molar-refractivity contribution in [3.8, 4) is 5.75 Å². The Balaban J connectivity index is 2.77. The lowest BCUT2D eigenvalue weighted by Gasteiger charge is -2.21. The average molecular weight is 355 g/mol. The zero-order chi connectivity index (χ0) is 18.1. The van der Waals surface area contributed by atoms with E-state index in [2.05, 4.69) is 9.68 Å². The second-order valence-corrected chi connectivity index (χ2v) is 5.73. The zero-order valence-corrected chi connectivity index (χ0v) is 14.7. The maximum absolute atomic E-state index is 12.4. The van der Waals surface area contributed by atoms with Crippen molar-refractivity contribution < 1.29 is 22.7 Å². The van der Waals surface area contributed by atoms with Gasteiger partial charge in [0.25, 0.3) is 0 Å². The van der Waals surface area contributed by atoms with Gasteiger partial charge in [0, 0.05) is 13.6 Å². The van der Waals surface area contributed by atoms with Gasteiger partial charge in [-0.05, 0) is 31.0 Å². The molecule has 0 fully saturated rings. The van der Waals surface area contributed by atoms with Crippen LogP contribution in [0.15, 0.2) is 28.6 Å². The molecule has 1 unspecified atom stereocenters. The number of hydrogen-bond acceptors (Lipinski definition) is 6. The molecule has 8 nitrogen and oxygen atoms in total. The molecule has 132 valence electrons. The van der Waals surface area contributed by atoms with Crippen molar-refractivity contribution in [1.82, 2.24) is 10.2 Å². The Kier molecular flexibility index (Phi) is 7.90. The third-order valence-corrected chi connectivity index (χ3v) is 3.84. The van der Waals surface area contributed by atoms with Gasteiger partial charge in [-0.15, -0.1) is 0 Å². The standard InChI is InChI=1S/C15H21N3O5S/c1-11(17-24(21)22)8-9-18(15(20)16-2)14(19)10-12-4-6-13(23-3)7-5-12/h4-7,11H,8-10H2,1-3H3,(H,16,20). The van der Waals surface area contributed by atoms with Crippen LogP contribution < -0.4 is 10.1 Å². The summed E-state index contributed by atoms with van der Waals surface area (Å²) in [6.07, 6.45) is 0.312. The maximum Gasteiger partial charge on any atom is 0.323 e. The summed E-state index contributed by atoms with van der Waals surface area (Å²) >= 11 is 0. The van der Waals surface area contributed by atoms with E-state index in [0.717, 1.165) is 10.5 Å². The zero-order valence-electron chi connectivity index (χ0n) is 13.9. The smallest absolute Gasteiger partial charge is 0.323 e. The van der Waals surface area contributed by atoms with Crippen LogP contribution in [0.1, 0.15) is 18.9 Å². The van der Waals surface area contributed by atoms with E-state index < -0.39 is 22.6 Å². The Labute approximate surface area is 142 Å². The van der Waals surface area contributed by atoms with E-state index in [1.54, 1.807) is 38.3 Å². The largest absolute Gasteiger partial charge is 0.497 e.